The van der Waals surface area contributed by atoms with Gasteiger partial charge < -0.3 is 14.6 Å². The molecule has 0 bridgehead atoms. The van der Waals surface area contributed by atoms with E-state index in [4.69, 9.17) is 9.26 Å². The first-order valence-corrected chi connectivity index (χ1v) is 8.31. The molecule has 0 unspecified atom stereocenters. The Bertz CT molecular complexity index is 746. The number of rotatable bonds is 3. The average Bonchev–Trinajstić information content (AvgIpc) is 3.12. The maximum absolute atomic E-state index is 12.0. The highest BCUT2D eigenvalue weighted by Crippen LogP contribution is 2.33. The van der Waals surface area contributed by atoms with Crippen LogP contribution < -0.4 is 5.32 Å². The summed E-state index contributed by atoms with van der Waals surface area (Å²) in [5, 5.41) is 6.97. The van der Waals surface area contributed by atoms with E-state index in [0.717, 1.165) is 30.4 Å². The summed E-state index contributed by atoms with van der Waals surface area (Å²) >= 11 is 0. The Morgan fingerprint density at radius 2 is 2.21 bits per heavy atom. The quantitative estimate of drug-likeness (QED) is 0.926. The predicted octanol–water partition coefficient (Wildman–Crippen LogP) is 3.81. The minimum atomic E-state index is -0.495. The highest BCUT2D eigenvalue weighted by Gasteiger charge is 2.26. The lowest BCUT2D eigenvalue weighted by Crippen LogP contribution is -2.34. The van der Waals surface area contributed by atoms with Crippen LogP contribution >= 0.6 is 0 Å². The van der Waals surface area contributed by atoms with Gasteiger partial charge in [0.2, 0.25) is 11.7 Å². The van der Waals surface area contributed by atoms with Crippen LogP contribution in [-0.2, 0) is 17.6 Å². The molecule has 0 fully saturated rings. The van der Waals surface area contributed by atoms with E-state index in [1.165, 1.54) is 5.56 Å². The Morgan fingerprint density at radius 1 is 1.42 bits per heavy atom. The van der Waals surface area contributed by atoms with Crippen molar-refractivity contribution < 1.29 is 14.1 Å². The van der Waals surface area contributed by atoms with Crippen LogP contribution in [0, 0.1) is 0 Å². The molecule has 1 aliphatic rings. The van der Waals surface area contributed by atoms with E-state index < -0.39 is 5.60 Å². The number of aryl methyl sites for hydroxylation is 2. The Morgan fingerprint density at radius 3 is 2.88 bits per heavy atom. The third-order valence-electron chi connectivity index (χ3n) is 3.94. The molecule has 2 aromatic rings. The number of amides is 1. The van der Waals surface area contributed by atoms with Gasteiger partial charge >= 0.3 is 6.09 Å². The van der Waals surface area contributed by atoms with Crippen LogP contribution in [0.3, 0.4) is 0 Å². The van der Waals surface area contributed by atoms with Crippen LogP contribution in [0.15, 0.2) is 22.7 Å². The third kappa shape index (κ3) is 3.58. The zero-order valence-electron chi connectivity index (χ0n) is 14.5. The number of nitrogens with zero attached hydrogens (tertiary/aromatic N) is 2. The molecule has 1 N–H and O–H groups in total. The van der Waals surface area contributed by atoms with E-state index in [2.05, 4.69) is 21.5 Å². The number of alkyl carbamates (subject to hydrolysis) is 1. The van der Waals surface area contributed by atoms with Gasteiger partial charge in [0.1, 0.15) is 5.60 Å². The van der Waals surface area contributed by atoms with E-state index in [1.807, 2.05) is 39.8 Å². The van der Waals surface area contributed by atoms with Crippen molar-refractivity contribution in [2.24, 2.45) is 0 Å². The molecule has 0 aliphatic heterocycles. The van der Waals surface area contributed by atoms with Gasteiger partial charge in [-0.3, -0.25) is 0 Å². The number of nitrogens with one attached hydrogen (secondary N) is 1. The molecule has 1 heterocycles. The molecule has 1 aromatic carbocycles. The lowest BCUT2D eigenvalue weighted by molar-refractivity contribution is 0.0503. The van der Waals surface area contributed by atoms with Crippen molar-refractivity contribution in [1.82, 2.24) is 15.5 Å². The van der Waals surface area contributed by atoms with Crippen LogP contribution in [0.1, 0.15) is 57.2 Å². The van der Waals surface area contributed by atoms with Crippen molar-refractivity contribution >= 4 is 6.09 Å². The third-order valence-corrected chi connectivity index (χ3v) is 3.94. The Hall–Kier alpha value is -2.37. The van der Waals surface area contributed by atoms with Crippen LogP contribution in [0.25, 0.3) is 11.4 Å². The Kier molecular flexibility index (Phi) is 4.30. The first-order chi connectivity index (χ1) is 11.4. The van der Waals surface area contributed by atoms with Gasteiger partial charge in [0, 0.05) is 12.0 Å². The minimum absolute atomic E-state index is 0.0135. The van der Waals surface area contributed by atoms with Crippen molar-refractivity contribution in [2.45, 2.75) is 58.6 Å². The lowest BCUT2D eigenvalue weighted by Gasteiger charge is -2.22. The summed E-state index contributed by atoms with van der Waals surface area (Å²) in [5.74, 6) is 1.24. The highest BCUT2D eigenvalue weighted by atomic mass is 16.6. The molecule has 0 saturated heterocycles. The van der Waals surface area contributed by atoms with Crippen LogP contribution in [0.5, 0.6) is 0 Å². The summed E-state index contributed by atoms with van der Waals surface area (Å²) in [6.07, 6.45) is 2.11. The van der Waals surface area contributed by atoms with Gasteiger partial charge in [-0.05, 0) is 50.8 Å². The largest absolute Gasteiger partial charge is 0.444 e. The zero-order valence-corrected chi connectivity index (χ0v) is 14.5. The van der Waals surface area contributed by atoms with Gasteiger partial charge in [-0.25, -0.2) is 4.79 Å². The van der Waals surface area contributed by atoms with Gasteiger partial charge in [-0.15, -0.1) is 0 Å². The first kappa shape index (κ1) is 16.5. The minimum Gasteiger partial charge on any atom is -0.444 e. The fourth-order valence-electron chi connectivity index (χ4n) is 2.87. The maximum Gasteiger partial charge on any atom is 0.408 e. The molecule has 24 heavy (non-hydrogen) atoms. The zero-order chi connectivity index (χ0) is 17.3. The SMILES string of the molecule is CCc1nc(-c2ccc3c(c2)CC[C@H]3NC(=O)OC(C)(C)C)no1. The molecule has 1 atom stereocenters. The summed E-state index contributed by atoms with van der Waals surface area (Å²) < 4.78 is 10.5. The van der Waals surface area contributed by atoms with E-state index in [1.54, 1.807) is 0 Å². The average molecular weight is 329 g/mol. The molecule has 6 heteroatoms. The van der Waals surface area contributed by atoms with Crippen molar-refractivity contribution in [1.29, 1.82) is 0 Å². The summed E-state index contributed by atoms with van der Waals surface area (Å²) in [7, 11) is 0. The molecular weight excluding hydrogens is 306 g/mol. The number of ether oxygens (including phenoxy) is 1. The second kappa shape index (κ2) is 6.26. The number of benzene rings is 1. The van der Waals surface area contributed by atoms with Gasteiger partial charge in [0.05, 0.1) is 6.04 Å². The van der Waals surface area contributed by atoms with Crippen LogP contribution in [0.4, 0.5) is 4.79 Å². The normalized spacial score (nSPS) is 16.8. The van der Waals surface area contributed by atoms with Gasteiger partial charge in [-0.2, -0.15) is 4.98 Å². The van der Waals surface area contributed by atoms with Crippen molar-refractivity contribution in [3.05, 3.63) is 35.2 Å². The Balaban J connectivity index is 1.74. The maximum atomic E-state index is 12.0. The molecule has 128 valence electrons. The van der Waals surface area contributed by atoms with Crippen molar-refractivity contribution in [3.63, 3.8) is 0 Å². The van der Waals surface area contributed by atoms with E-state index in [0.29, 0.717) is 11.7 Å². The van der Waals surface area contributed by atoms with Crippen LogP contribution in [0.2, 0.25) is 0 Å². The topological polar surface area (TPSA) is 77.2 Å². The molecule has 6 nitrogen and oxygen atoms in total. The first-order valence-electron chi connectivity index (χ1n) is 8.31. The number of fused-ring (bicyclic) bond motifs is 1. The summed E-state index contributed by atoms with van der Waals surface area (Å²) in [6.45, 7) is 7.55. The number of hydrogen-bond donors (Lipinski definition) is 1. The highest BCUT2D eigenvalue weighted by molar-refractivity contribution is 5.69. The fraction of sp³-hybridized carbons (Fsp3) is 0.500. The molecule has 1 amide bonds. The molecule has 3 rings (SSSR count). The van der Waals surface area contributed by atoms with Crippen molar-refractivity contribution in [3.8, 4) is 11.4 Å². The van der Waals surface area contributed by atoms with Crippen LogP contribution in [-0.4, -0.2) is 21.8 Å². The van der Waals surface area contributed by atoms with Gasteiger partial charge in [0.25, 0.3) is 0 Å². The standard InChI is InChI=1S/C18H23N3O3/c1-5-15-20-16(21-24-15)12-6-8-13-11(10-12)7-9-14(13)19-17(22)23-18(2,3)4/h6,8,10,14H,5,7,9H2,1-4H3,(H,19,22)/t14-/m1/s1. The Labute approximate surface area is 141 Å². The fourth-order valence-corrected chi connectivity index (χ4v) is 2.87. The second-order valence-corrected chi connectivity index (χ2v) is 7.02. The second-order valence-electron chi connectivity index (χ2n) is 7.02. The van der Waals surface area contributed by atoms with E-state index >= 15 is 0 Å². The summed E-state index contributed by atoms with van der Waals surface area (Å²) in [5.41, 5.74) is 2.78. The number of carbonyl (C=O) groups is 1. The smallest absolute Gasteiger partial charge is 0.408 e. The molecule has 1 aliphatic carbocycles. The van der Waals surface area contributed by atoms with Crippen molar-refractivity contribution in [2.75, 3.05) is 0 Å². The summed E-state index contributed by atoms with van der Waals surface area (Å²) in [6, 6.07) is 6.07. The van der Waals surface area contributed by atoms with Gasteiger partial charge in [-0.1, -0.05) is 24.2 Å². The van der Waals surface area contributed by atoms with E-state index in [-0.39, 0.29) is 12.1 Å². The van der Waals surface area contributed by atoms with E-state index in [9.17, 15) is 4.79 Å². The molecule has 0 radical (unpaired) electrons. The lowest BCUT2D eigenvalue weighted by atomic mass is 10.0. The number of carbonyl (C=O) groups excluding carboxylic acids is 1. The van der Waals surface area contributed by atoms with Gasteiger partial charge in [0.15, 0.2) is 0 Å². The molecular formula is C18H23N3O3. The predicted molar refractivity (Wildman–Crippen MR) is 89.5 cm³/mol. The monoisotopic (exact) mass is 329 g/mol. The summed E-state index contributed by atoms with van der Waals surface area (Å²) in [4.78, 5) is 16.3. The molecule has 0 saturated carbocycles. The number of aromatic nitrogens is 2. The molecule has 1 aromatic heterocycles. The molecule has 0 spiro atoms. The number of hydrogen-bond acceptors (Lipinski definition) is 5.